The topological polar surface area (TPSA) is 58.4 Å². The Morgan fingerprint density at radius 2 is 1.79 bits per heavy atom. The van der Waals surface area contributed by atoms with E-state index in [9.17, 15) is 4.79 Å². The molecule has 1 saturated carbocycles. The SMILES string of the molecule is NCC1(CC(=O)NC2CCN(c3ccccc3)CC2)CCCCC1. The Morgan fingerprint density at radius 3 is 2.42 bits per heavy atom. The fraction of sp³-hybridized carbons (Fsp3) is 0.650. The van der Waals surface area contributed by atoms with E-state index in [1.165, 1.54) is 24.9 Å². The molecule has 0 atom stereocenters. The van der Waals surface area contributed by atoms with E-state index >= 15 is 0 Å². The average molecular weight is 329 g/mol. The lowest BCUT2D eigenvalue weighted by Crippen LogP contribution is -2.46. The molecular formula is C20H31N3O. The molecule has 1 aromatic rings. The summed E-state index contributed by atoms with van der Waals surface area (Å²) in [5, 5.41) is 3.28. The third-order valence-electron chi connectivity index (χ3n) is 5.86. The quantitative estimate of drug-likeness (QED) is 0.873. The molecule has 4 heteroatoms. The number of hydrogen-bond donors (Lipinski definition) is 2. The summed E-state index contributed by atoms with van der Waals surface area (Å²) in [7, 11) is 0. The van der Waals surface area contributed by atoms with E-state index in [4.69, 9.17) is 5.73 Å². The van der Waals surface area contributed by atoms with Crippen molar-refractivity contribution < 1.29 is 4.79 Å². The van der Waals surface area contributed by atoms with Crippen molar-refractivity contribution in [2.75, 3.05) is 24.5 Å². The maximum absolute atomic E-state index is 12.5. The molecule has 24 heavy (non-hydrogen) atoms. The summed E-state index contributed by atoms with van der Waals surface area (Å²) in [5.41, 5.74) is 7.36. The minimum absolute atomic E-state index is 0.0626. The van der Waals surface area contributed by atoms with E-state index in [0.717, 1.165) is 38.8 Å². The van der Waals surface area contributed by atoms with Crippen LogP contribution in [0.5, 0.6) is 0 Å². The zero-order valence-electron chi connectivity index (χ0n) is 14.7. The Kier molecular flexibility index (Phi) is 5.77. The van der Waals surface area contributed by atoms with E-state index in [2.05, 4.69) is 40.5 Å². The first-order chi connectivity index (χ1) is 11.7. The molecule has 0 bridgehead atoms. The van der Waals surface area contributed by atoms with Gasteiger partial charge in [0.25, 0.3) is 0 Å². The summed E-state index contributed by atoms with van der Waals surface area (Å²) in [6.07, 6.45) is 8.63. The smallest absolute Gasteiger partial charge is 0.220 e. The zero-order chi connectivity index (χ0) is 16.8. The van der Waals surface area contributed by atoms with Gasteiger partial charge in [-0.3, -0.25) is 4.79 Å². The summed E-state index contributed by atoms with van der Waals surface area (Å²) in [4.78, 5) is 14.9. The number of nitrogens with one attached hydrogen (secondary N) is 1. The minimum Gasteiger partial charge on any atom is -0.371 e. The second-order valence-corrected chi connectivity index (χ2v) is 7.61. The second kappa shape index (κ2) is 8.02. The molecule has 4 nitrogen and oxygen atoms in total. The highest BCUT2D eigenvalue weighted by Gasteiger charge is 2.33. The van der Waals surface area contributed by atoms with Crippen molar-refractivity contribution in [2.45, 2.75) is 57.4 Å². The largest absolute Gasteiger partial charge is 0.371 e. The van der Waals surface area contributed by atoms with E-state index in [1.54, 1.807) is 0 Å². The van der Waals surface area contributed by atoms with Gasteiger partial charge in [0.05, 0.1) is 0 Å². The maximum Gasteiger partial charge on any atom is 0.220 e. The number of nitrogens with two attached hydrogens (primary N) is 1. The summed E-state index contributed by atoms with van der Waals surface area (Å²) in [5.74, 6) is 0.209. The summed E-state index contributed by atoms with van der Waals surface area (Å²) >= 11 is 0. The van der Waals surface area contributed by atoms with Crippen LogP contribution in [-0.4, -0.2) is 31.6 Å². The number of piperidine rings is 1. The normalized spacial score (nSPS) is 21.5. The molecule has 1 aliphatic heterocycles. The van der Waals surface area contributed by atoms with Gasteiger partial charge in [-0.25, -0.2) is 0 Å². The van der Waals surface area contributed by atoms with Gasteiger partial charge in [-0.1, -0.05) is 37.5 Å². The summed E-state index contributed by atoms with van der Waals surface area (Å²) < 4.78 is 0. The van der Waals surface area contributed by atoms with Gasteiger partial charge in [0.2, 0.25) is 5.91 Å². The highest BCUT2D eigenvalue weighted by atomic mass is 16.1. The van der Waals surface area contributed by atoms with Crippen molar-refractivity contribution in [3.05, 3.63) is 30.3 Å². The van der Waals surface area contributed by atoms with Crippen LogP contribution in [0.15, 0.2) is 30.3 Å². The molecule has 0 aromatic heterocycles. The highest BCUT2D eigenvalue weighted by Crippen LogP contribution is 2.38. The molecule has 1 saturated heterocycles. The number of nitrogens with zero attached hydrogens (tertiary/aromatic N) is 1. The van der Waals surface area contributed by atoms with Crippen molar-refractivity contribution in [3.63, 3.8) is 0 Å². The van der Waals surface area contributed by atoms with Crippen LogP contribution in [0.25, 0.3) is 0 Å². The molecule has 1 aromatic carbocycles. The molecule has 1 amide bonds. The van der Waals surface area contributed by atoms with Gasteiger partial charge >= 0.3 is 0 Å². The Labute approximate surface area is 145 Å². The van der Waals surface area contributed by atoms with Crippen molar-refractivity contribution in [2.24, 2.45) is 11.1 Å². The zero-order valence-corrected chi connectivity index (χ0v) is 14.7. The summed E-state index contributed by atoms with van der Waals surface area (Å²) in [6, 6.07) is 10.9. The molecular weight excluding hydrogens is 298 g/mol. The number of amides is 1. The predicted octanol–water partition coefficient (Wildman–Crippen LogP) is 3.07. The molecule has 3 N–H and O–H groups in total. The number of para-hydroxylation sites is 1. The fourth-order valence-electron chi connectivity index (χ4n) is 4.29. The van der Waals surface area contributed by atoms with Crippen LogP contribution in [0.3, 0.4) is 0 Å². The molecule has 132 valence electrons. The number of rotatable bonds is 5. The lowest BCUT2D eigenvalue weighted by molar-refractivity contribution is -0.124. The van der Waals surface area contributed by atoms with Crippen LogP contribution in [0.2, 0.25) is 0 Å². The van der Waals surface area contributed by atoms with Gasteiger partial charge in [0, 0.05) is 31.2 Å². The molecule has 2 fully saturated rings. The highest BCUT2D eigenvalue weighted by molar-refractivity contribution is 5.77. The van der Waals surface area contributed by atoms with Crippen molar-refractivity contribution >= 4 is 11.6 Å². The predicted molar refractivity (Wildman–Crippen MR) is 99.0 cm³/mol. The van der Waals surface area contributed by atoms with Crippen molar-refractivity contribution in [3.8, 4) is 0 Å². The van der Waals surface area contributed by atoms with Crippen molar-refractivity contribution in [1.82, 2.24) is 5.32 Å². The number of hydrogen-bond acceptors (Lipinski definition) is 3. The van der Waals surface area contributed by atoms with Gasteiger partial charge < -0.3 is 16.0 Å². The Balaban J connectivity index is 1.46. The molecule has 1 aliphatic carbocycles. The summed E-state index contributed by atoms with van der Waals surface area (Å²) in [6.45, 7) is 2.67. The number of anilines is 1. The lowest BCUT2D eigenvalue weighted by atomic mass is 9.71. The van der Waals surface area contributed by atoms with E-state index in [1.807, 2.05) is 0 Å². The second-order valence-electron chi connectivity index (χ2n) is 7.61. The van der Waals surface area contributed by atoms with Crippen LogP contribution in [0.4, 0.5) is 5.69 Å². The van der Waals surface area contributed by atoms with Gasteiger partial charge in [0.1, 0.15) is 0 Å². The molecule has 0 radical (unpaired) electrons. The Morgan fingerprint density at radius 1 is 1.12 bits per heavy atom. The molecule has 0 spiro atoms. The van der Waals surface area contributed by atoms with Crippen molar-refractivity contribution in [1.29, 1.82) is 0 Å². The fourth-order valence-corrected chi connectivity index (χ4v) is 4.29. The monoisotopic (exact) mass is 329 g/mol. The first kappa shape index (κ1) is 17.3. The molecule has 0 unspecified atom stereocenters. The molecule has 1 heterocycles. The third kappa shape index (κ3) is 4.29. The first-order valence-corrected chi connectivity index (χ1v) is 9.50. The number of carbonyl (C=O) groups is 1. The number of carbonyl (C=O) groups excluding carboxylic acids is 1. The first-order valence-electron chi connectivity index (χ1n) is 9.50. The van der Waals surface area contributed by atoms with E-state index in [-0.39, 0.29) is 11.3 Å². The molecule has 3 rings (SSSR count). The van der Waals surface area contributed by atoms with E-state index < -0.39 is 0 Å². The van der Waals surface area contributed by atoms with Gasteiger partial charge in [-0.2, -0.15) is 0 Å². The van der Waals surface area contributed by atoms with Crippen LogP contribution < -0.4 is 16.0 Å². The standard InChI is InChI=1S/C20H31N3O/c21-16-20(11-5-2-6-12-20)15-19(24)22-17-9-13-23(14-10-17)18-7-3-1-4-8-18/h1,3-4,7-8,17H,2,5-6,9-16,21H2,(H,22,24). The van der Waals surface area contributed by atoms with Gasteiger partial charge in [-0.05, 0) is 49.8 Å². The van der Waals surface area contributed by atoms with Crippen LogP contribution in [0, 0.1) is 5.41 Å². The third-order valence-corrected chi connectivity index (χ3v) is 5.86. The maximum atomic E-state index is 12.5. The Bertz CT molecular complexity index is 517. The van der Waals surface area contributed by atoms with Crippen LogP contribution >= 0.6 is 0 Å². The van der Waals surface area contributed by atoms with Crippen LogP contribution in [0.1, 0.15) is 51.4 Å². The number of benzene rings is 1. The average Bonchev–Trinajstić information content (AvgIpc) is 2.64. The van der Waals surface area contributed by atoms with Gasteiger partial charge in [-0.15, -0.1) is 0 Å². The molecule has 2 aliphatic rings. The minimum atomic E-state index is 0.0626. The van der Waals surface area contributed by atoms with Crippen LogP contribution in [-0.2, 0) is 4.79 Å². The van der Waals surface area contributed by atoms with Gasteiger partial charge in [0.15, 0.2) is 0 Å². The Hall–Kier alpha value is -1.55. The lowest BCUT2D eigenvalue weighted by Gasteiger charge is -2.37. The van der Waals surface area contributed by atoms with E-state index in [0.29, 0.717) is 19.0 Å².